The van der Waals surface area contributed by atoms with E-state index in [1.165, 1.54) is 0 Å². The summed E-state index contributed by atoms with van der Waals surface area (Å²) in [7, 11) is 3.60. The molecule has 0 atom stereocenters. The molecule has 37 heavy (non-hydrogen) atoms. The number of ketones is 1. The third-order valence-corrected chi connectivity index (χ3v) is 8.30. The van der Waals surface area contributed by atoms with Gasteiger partial charge in [0.1, 0.15) is 17.4 Å². The van der Waals surface area contributed by atoms with Crippen LogP contribution >= 0.6 is 11.6 Å². The van der Waals surface area contributed by atoms with E-state index in [-0.39, 0.29) is 11.3 Å². The average molecular weight is 531 g/mol. The summed E-state index contributed by atoms with van der Waals surface area (Å²) in [6, 6.07) is 3.66. The standard InChI is InChI=1S/C28H39ClN4O4/c1-18(34)28(23-19(8-6-12-27(2,3)36)22(37-5)11-10-21(23)29)13-16-33(17-14-28)26-30-24-20(25(35)31-26)9-7-15-32(24)4/h10-11,36H,6-9,12-17H2,1-5H3,(H,30,31,35). The predicted molar refractivity (Wildman–Crippen MR) is 147 cm³/mol. The van der Waals surface area contributed by atoms with Gasteiger partial charge in [-0.15, -0.1) is 0 Å². The first kappa shape index (κ1) is 27.5. The fourth-order valence-electron chi connectivity index (χ4n) is 5.90. The van der Waals surface area contributed by atoms with Crippen LogP contribution in [-0.4, -0.2) is 60.3 Å². The lowest BCUT2D eigenvalue weighted by molar-refractivity contribution is -0.123. The molecule has 0 bridgehead atoms. The maximum atomic E-state index is 13.4. The Hall–Kier alpha value is -2.58. The van der Waals surface area contributed by atoms with Crippen LogP contribution in [-0.2, 0) is 23.1 Å². The van der Waals surface area contributed by atoms with Crippen LogP contribution in [0.15, 0.2) is 16.9 Å². The maximum Gasteiger partial charge on any atom is 0.257 e. The van der Waals surface area contributed by atoms with Crippen LogP contribution < -0.4 is 20.1 Å². The maximum absolute atomic E-state index is 13.4. The van der Waals surface area contributed by atoms with Crippen LogP contribution in [0, 0.1) is 0 Å². The first-order chi connectivity index (χ1) is 17.5. The number of hydrogen-bond donors (Lipinski definition) is 2. The fraction of sp³-hybridized carbons (Fsp3) is 0.607. The molecule has 1 saturated heterocycles. The van der Waals surface area contributed by atoms with Crippen molar-refractivity contribution in [1.29, 1.82) is 0 Å². The number of fused-ring (bicyclic) bond motifs is 1. The van der Waals surface area contributed by atoms with E-state index < -0.39 is 11.0 Å². The normalized spacial score (nSPS) is 17.5. The molecule has 0 aliphatic carbocycles. The molecule has 0 unspecified atom stereocenters. The van der Waals surface area contributed by atoms with Gasteiger partial charge in [0.05, 0.1) is 23.7 Å². The number of nitrogens with one attached hydrogen (secondary N) is 1. The third-order valence-electron chi connectivity index (χ3n) is 7.99. The Labute approximate surface area is 224 Å². The van der Waals surface area contributed by atoms with E-state index in [1.54, 1.807) is 27.9 Å². The molecule has 0 saturated carbocycles. The summed E-state index contributed by atoms with van der Waals surface area (Å²) in [5.74, 6) is 2.08. The monoisotopic (exact) mass is 530 g/mol. The number of methoxy groups -OCH3 is 1. The van der Waals surface area contributed by atoms with Crippen molar-refractivity contribution in [3.05, 3.63) is 44.2 Å². The van der Waals surface area contributed by atoms with Crippen molar-refractivity contribution >= 4 is 29.2 Å². The Morgan fingerprint density at radius 3 is 2.59 bits per heavy atom. The summed E-state index contributed by atoms with van der Waals surface area (Å²) in [5, 5.41) is 10.8. The highest BCUT2D eigenvalue weighted by atomic mass is 35.5. The topological polar surface area (TPSA) is 98.8 Å². The van der Waals surface area contributed by atoms with Gasteiger partial charge in [-0.05, 0) is 89.0 Å². The molecule has 0 amide bonds. The molecule has 4 rings (SSSR count). The van der Waals surface area contributed by atoms with Crippen molar-refractivity contribution in [3.8, 4) is 5.75 Å². The van der Waals surface area contributed by atoms with Crippen LogP contribution in [0.1, 0.15) is 69.6 Å². The highest BCUT2D eigenvalue weighted by Gasteiger charge is 2.44. The second-order valence-electron chi connectivity index (χ2n) is 11.1. The molecule has 9 heteroatoms. The number of nitrogens with zero attached hydrogens (tertiary/aromatic N) is 3. The van der Waals surface area contributed by atoms with E-state index in [1.807, 2.05) is 24.1 Å². The minimum absolute atomic E-state index is 0.0673. The lowest BCUT2D eigenvalue weighted by atomic mass is 9.68. The van der Waals surface area contributed by atoms with Gasteiger partial charge in [0.25, 0.3) is 5.56 Å². The minimum Gasteiger partial charge on any atom is -0.496 e. The van der Waals surface area contributed by atoms with Gasteiger partial charge in [-0.2, -0.15) is 4.98 Å². The third kappa shape index (κ3) is 5.50. The summed E-state index contributed by atoms with van der Waals surface area (Å²) in [5.41, 5.74) is 0.888. The number of hydrogen-bond acceptors (Lipinski definition) is 7. The SMILES string of the molecule is COc1ccc(Cl)c(C2(C(C)=O)CCN(c3nc4c(c(=O)[nH]3)CCCN4C)CC2)c1CCCC(C)(C)O. The summed E-state index contributed by atoms with van der Waals surface area (Å²) < 4.78 is 5.71. The highest BCUT2D eigenvalue weighted by molar-refractivity contribution is 6.32. The smallest absolute Gasteiger partial charge is 0.257 e. The zero-order valence-electron chi connectivity index (χ0n) is 22.6. The number of aromatic nitrogens is 2. The largest absolute Gasteiger partial charge is 0.496 e. The molecule has 1 aromatic heterocycles. The second kappa shape index (κ2) is 10.7. The second-order valence-corrected chi connectivity index (χ2v) is 11.5. The van der Waals surface area contributed by atoms with Gasteiger partial charge in [-0.3, -0.25) is 14.6 Å². The molecule has 0 spiro atoms. The van der Waals surface area contributed by atoms with Crippen LogP contribution in [0.25, 0.3) is 0 Å². The number of anilines is 2. The van der Waals surface area contributed by atoms with Crippen LogP contribution in [0.5, 0.6) is 5.75 Å². The number of H-pyrrole nitrogens is 1. The van der Waals surface area contributed by atoms with Gasteiger partial charge < -0.3 is 19.6 Å². The van der Waals surface area contributed by atoms with Crippen molar-refractivity contribution < 1.29 is 14.6 Å². The lowest BCUT2D eigenvalue weighted by Gasteiger charge is -2.42. The quantitative estimate of drug-likeness (QED) is 0.531. The number of halogens is 1. The summed E-state index contributed by atoms with van der Waals surface area (Å²) in [6.07, 6.45) is 4.77. The number of carbonyl (C=O) groups excluding carboxylic acids is 1. The molecule has 2 N–H and O–H groups in total. The van der Waals surface area contributed by atoms with Gasteiger partial charge in [0.15, 0.2) is 0 Å². The molecule has 2 aliphatic heterocycles. The van der Waals surface area contributed by atoms with Gasteiger partial charge >= 0.3 is 0 Å². The molecule has 1 aromatic carbocycles. The van der Waals surface area contributed by atoms with Crippen molar-refractivity contribution in [2.75, 3.05) is 43.6 Å². The Morgan fingerprint density at radius 2 is 1.97 bits per heavy atom. The van der Waals surface area contributed by atoms with E-state index in [0.29, 0.717) is 55.5 Å². The first-order valence-electron chi connectivity index (χ1n) is 13.2. The number of piperidine rings is 1. The molecule has 1 fully saturated rings. The molecule has 202 valence electrons. The number of Topliss-reactive ketones (excluding diaryl/α,β-unsaturated/α-hetero) is 1. The predicted octanol–water partition coefficient (Wildman–Crippen LogP) is 4.04. The van der Waals surface area contributed by atoms with Crippen molar-refractivity contribution in [3.63, 3.8) is 0 Å². The van der Waals surface area contributed by atoms with Crippen LogP contribution in [0.4, 0.5) is 11.8 Å². The fourth-order valence-corrected chi connectivity index (χ4v) is 6.26. The summed E-state index contributed by atoms with van der Waals surface area (Å²) in [4.78, 5) is 38.1. The number of carbonyl (C=O) groups is 1. The number of ether oxygens (including phenoxy) is 1. The van der Waals surface area contributed by atoms with E-state index >= 15 is 0 Å². The minimum atomic E-state index is -0.775. The molecule has 2 aliphatic rings. The first-order valence-corrected chi connectivity index (χ1v) is 13.5. The molecule has 3 heterocycles. The Morgan fingerprint density at radius 1 is 1.27 bits per heavy atom. The van der Waals surface area contributed by atoms with Crippen molar-refractivity contribution in [2.24, 2.45) is 0 Å². The van der Waals surface area contributed by atoms with E-state index in [9.17, 15) is 14.7 Å². The Kier molecular flexibility index (Phi) is 7.91. The zero-order valence-corrected chi connectivity index (χ0v) is 23.4. The lowest BCUT2D eigenvalue weighted by Crippen LogP contribution is -2.48. The van der Waals surface area contributed by atoms with E-state index in [0.717, 1.165) is 48.3 Å². The Balaban J connectivity index is 1.66. The van der Waals surface area contributed by atoms with Crippen LogP contribution in [0.3, 0.4) is 0 Å². The number of rotatable bonds is 8. The van der Waals surface area contributed by atoms with E-state index in [2.05, 4.69) is 9.88 Å². The van der Waals surface area contributed by atoms with Gasteiger partial charge in [0.2, 0.25) is 5.95 Å². The zero-order chi connectivity index (χ0) is 27.0. The summed E-state index contributed by atoms with van der Waals surface area (Å²) >= 11 is 6.83. The van der Waals surface area contributed by atoms with Gasteiger partial charge in [0, 0.05) is 31.7 Å². The van der Waals surface area contributed by atoms with Gasteiger partial charge in [-0.25, -0.2) is 0 Å². The van der Waals surface area contributed by atoms with Gasteiger partial charge in [-0.1, -0.05) is 11.6 Å². The number of aliphatic hydroxyl groups is 1. The molecule has 2 aromatic rings. The van der Waals surface area contributed by atoms with Crippen molar-refractivity contribution in [1.82, 2.24) is 9.97 Å². The highest BCUT2D eigenvalue weighted by Crippen LogP contribution is 2.45. The summed E-state index contributed by atoms with van der Waals surface area (Å²) in [6.45, 7) is 7.23. The number of aromatic amines is 1. The van der Waals surface area contributed by atoms with Crippen molar-refractivity contribution in [2.45, 2.75) is 76.7 Å². The van der Waals surface area contributed by atoms with Crippen LogP contribution in [0.2, 0.25) is 5.02 Å². The molecular weight excluding hydrogens is 492 g/mol. The molecular formula is C28H39ClN4O4. The molecule has 0 radical (unpaired) electrons. The van der Waals surface area contributed by atoms with E-state index in [4.69, 9.17) is 21.3 Å². The average Bonchev–Trinajstić information content (AvgIpc) is 2.84. The Bertz CT molecular complexity index is 1210. The number of benzene rings is 1. The molecule has 8 nitrogen and oxygen atoms in total.